The first-order chi connectivity index (χ1) is 30.4. The summed E-state index contributed by atoms with van der Waals surface area (Å²) >= 11 is 0. The molecule has 2 saturated heterocycles. The van der Waals surface area contributed by atoms with Crippen LogP contribution in [0, 0.1) is 0 Å². The van der Waals surface area contributed by atoms with Gasteiger partial charge in [0.25, 0.3) is 23.6 Å². The molecule has 8 nitrogen and oxygen atoms in total. The number of fused-ring (bicyclic) bond motifs is 2. The number of hydrogen-bond donors (Lipinski definition) is 0. The number of nitrogens with zero attached hydrogens (tertiary/aromatic N) is 4. The van der Waals surface area contributed by atoms with E-state index in [4.69, 9.17) is 0 Å². The Kier molecular flexibility index (Phi) is 7.48. The summed E-state index contributed by atoms with van der Waals surface area (Å²) in [6, 6.07) is 27.4. The number of hydrogen-bond acceptors (Lipinski definition) is 6. The molecule has 0 atom stereocenters. The molecule has 62 heavy (non-hydrogen) atoms. The molecular formula is C54H40N4O4. The molecule has 0 N–H and O–H groups in total. The van der Waals surface area contributed by atoms with E-state index in [-0.39, 0.29) is 35.5 Å². The Hall–Kier alpha value is -7.32. The largest absolute Gasteiger partial charge is 0.371 e. The molecule has 6 aliphatic rings. The van der Waals surface area contributed by atoms with Crippen LogP contribution in [0.2, 0.25) is 0 Å². The van der Waals surface area contributed by atoms with E-state index >= 15 is 0 Å². The first kappa shape index (κ1) is 35.4. The normalized spacial score (nSPS) is 18.7. The third-order valence-corrected chi connectivity index (χ3v) is 14.3. The maximum absolute atomic E-state index is 15.0. The van der Waals surface area contributed by atoms with Gasteiger partial charge in [0.15, 0.2) is 0 Å². The van der Waals surface area contributed by atoms with Crippen molar-refractivity contribution in [3.05, 3.63) is 167 Å². The van der Waals surface area contributed by atoms with Crippen molar-refractivity contribution in [2.45, 2.75) is 37.5 Å². The lowest BCUT2D eigenvalue weighted by Crippen LogP contribution is -2.41. The molecule has 4 aliphatic heterocycles. The zero-order chi connectivity index (χ0) is 41.4. The van der Waals surface area contributed by atoms with E-state index in [1.54, 1.807) is 0 Å². The van der Waals surface area contributed by atoms with Gasteiger partial charge in [0.2, 0.25) is 0 Å². The Bertz CT molecular complexity index is 3050. The Morgan fingerprint density at radius 3 is 1.10 bits per heavy atom. The van der Waals surface area contributed by atoms with Gasteiger partial charge < -0.3 is 9.80 Å². The highest BCUT2D eigenvalue weighted by molar-refractivity contribution is 6.47. The molecular weight excluding hydrogens is 769 g/mol. The minimum atomic E-state index is -0.348. The highest BCUT2D eigenvalue weighted by Crippen LogP contribution is 2.53. The number of carbonyl (C=O) groups is 4. The lowest BCUT2D eigenvalue weighted by molar-refractivity contribution is 0.0877. The SMILES string of the molecule is O=C1c2ccc3c4c(N5CCCC5)cc5c6c(ccc(c7c(N8CCCC8)cc(c2c37)C(=O)N1c1ccc(C2C=CC=C2)cc1)c64)C(=O)N(c1ccc(C2C=CC=C2)cc1)C5=O. The minimum absolute atomic E-state index is 0.167. The summed E-state index contributed by atoms with van der Waals surface area (Å²) < 4.78 is 0. The average molecular weight is 809 g/mol. The molecule has 8 heteroatoms. The molecule has 0 radical (unpaired) electrons. The molecule has 300 valence electrons. The molecule has 0 unspecified atom stereocenters. The fraction of sp³-hybridized carbons (Fsp3) is 0.185. The van der Waals surface area contributed by atoms with Gasteiger partial charge in [-0.1, -0.05) is 85.0 Å². The van der Waals surface area contributed by atoms with Gasteiger partial charge in [0, 0.05) is 92.8 Å². The fourth-order valence-electron chi connectivity index (χ4n) is 11.3. The molecule has 0 bridgehead atoms. The number of amides is 4. The van der Waals surface area contributed by atoms with Crippen LogP contribution in [0.5, 0.6) is 0 Å². The molecule has 0 saturated carbocycles. The lowest BCUT2D eigenvalue weighted by atomic mass is 9.80. The van der Waals surface area contributed by atoms with Gasteiger partial charge >= 0.3 is 0 Å². The summed E-state index contributed by atoms with van der Waals surface area (Å²) in [5.74, 6) is -1.04. The maximum atomic E-state index is 15.0. The van der Waals surface area contributed by atoms with E-state index in [1.807, 2.05) is 109 Å². The van der Waals surface area contributed by atoms with Gasteiger partial charge in [0.1, 0.15) is 0 Å². The quantitative estimate of drug-likeness (QED) is 0.0945. The van der Waals surface area contributed by atoms with Gasteiger partial charge in [-0.25, -0.2) is 9.80 Å². The molecule has 7 aromatic carbocycles. The van der Waals surface area contributed by atoms with E-state index in [9.17, 15) is 19.2 Å². The Labute approximate surface area is 357 Å². The zero-order valence-electron chi connectivity index (χ0n) is 33.9. The third kappa shape index (κ3) is 4.83. The van der Waals surface area contributed by atoms with E-state index in [2.05, 4.69) is 34.1 Å². The van der Waals surface area contributed by atoms with Crippen LogP contribution in [-0.2, 0) is 0 Å². The second kappa shape index (κ2) is 13.1. The number of rotatable bonds is 6. The molecule has 0 spiro atoms. The third-order valence-electron chi connectivity index (χ3n) is 14.3. The molecule has 2 aliphatic carbocycles. The van der Waals surface area contributed by atoms with Gasteiger partial charge in [-0.05, 0) is 96.1 Å². The second-order valence-corrected chi connectivity index (χ2v) is 17.5. The van der Waals surface area contributed by atoms with Crippen LogP contribution in [0.1, 0.15) is 90.1 Å². The van der Waals surface area contributed by atoms with Crippen molar-refractivity contribution < 1.29 is 19.2 Å². The van der Waals surface area contributed by atoms with Gasteiger partial charge in [-0.3, -0.25) is 19.2 Å². The topological polar surface area (TPSA) is 81.2 Å². The highest BCUT2D eigenvalue weighted by atomic mass is 16.2. The number of imide groups is 2. The van der Waals surface area contributed by atoms with Gasteiger partial charge in [-0.2, -0.15) is 0 Å². The van der Waals surface area contributed by atoms with E-state index in [1.165, 1.54) is 9.80 Å². The number of allylic oxidation sites excluding steroid dienone is 8. The fourth-order valence-corrected chi connectivity index (χ4v) is 11.3. The van der Waals surface area contributed by atoms with Crippen LogP contribution in [0.4, 0.5) is 22.7 Å². The number of carbonyl (C=O) groups excluding carboxylic acids is 4. The lowest BCUT2D eigenvalue weighted by Gasteiger charge is -2.33. The Balaban J connectivity index is 1.06. The summed E-state index contributed by atoms with van der Waals surface area (Å²) in [7, 11) is 0. The minimum Gasteiger partial charge on any atom is -0.371 e. The van der Waals surface area contributed by atoms with Crippen molar-refractivity contribution in [2.75, 3.05) is 45.8 Å². The first-order valence-electron chi connectivity index (χ1n) is 21.9. The van der Waals surface area contributed by atoms with Crippen molar-refractivity contribution in [1.29, 1.82) is 0 Å². The second-order valence-electron chi connectivity index (χ2n) is 17.5. The first-order valence-corrected chi connectivity index (χ1v) is 21.9. The van der Waals surface area contributed by atoms with Gasteiger partial charge in [-0.15, -0.1) is 0 Å². The predicted molar refractivity (Wildman–Crippen MR) is 248 cm³/mol. The standard InChI is InChI=1S/C54H40N4O4/c59-51-39-23-21-37-48-44(56-27-7-8-28-56)30-42-46-40(52(60)58(54(42)62)36-19-15-34(16-20-36)32-11-3-4-12-32)24-22-38(50(46)48)47-43(55-25-5-6-26-55)29-41(45(39)49(37)47)53(61)57(51)35-17-13-33(14-18-35)31-9-1-2-10-31/h1-4,9-24,29-32H,5-8,25-28H2. The van der Waals surface area contributed by atoms with Crippen LogP contribution >= 0.6 is 0 Å². The van der Waals surface area contributed by atoms with Crippen molar-refractivity contribution in [1.82, 2.24) is 0 Å². The number of benzene rings is 7. The highest BCUT2D eigenvalue weighted by Gasteiger charge is 2.40. The number of anilines is 4. The van der Waals surface area contributed by atoms with Crippen molar-refractivity contribution in [3.63, 3.8) is 0 Å². The Morgan fingerprint density at radius 2 is 0.726 bits per heavy atom. The molecule has 0 aromatic heterocycles. The molecule has 4 amide bonds. The smallest absolute Gasteiger partial charge is 0.266 e. The maximum Gasteiger partial charge on any atom is 0.266 e. The van der Waals surface area contributed by atoms with Crippen LogP contribution in [0.3, 0.4) is 0 Å². The summed E-state index contributed by atoms with van der Waals surface area (Å²) in [5.41, 5.74) is 7.16. The monoisotopic (exact) mass is 808 g/mol. The van der Waals surface area contributed by atoms with Crippen LogP contribution in [0.15, 0.2) is 134 Å². The van der Waals surface area contributed by atoms with E-state index < -0.39 is 0 Å². The molecule has 4 heterocycles. The summed E-state index contributed by atoms with van der Waals surface area (Å²) in [6.07, 6.45) is 20.7. The van der Waals surface area contributed by atoms with Crippen LogP contribution in [-0.4, -0.2) is 49.8 Å². The van der Waals surface area contributed by atoms with Crippen molar-refractivity contribution >= 4 is 89.5 Å². The van der Waals surface area contributed by atoms with Crippen molar-refractivity contribution in [2.24, 2.45) is 0 Å². The molecule has 7 aromatic rings. The van der Waals surface area contributed by atoms with Crippen LogP contribution < -0.4 is 19.6 Å². The van der Waals surface area contributed by atoms with Crippen molar-refractivity contribution in [3.8, 4) is 0 Å². The van der Waals surface area contributed by atoms with E-state index in [0.29, 0.717) is 44.4 Å². The zero-order valence-corrected chi connectivity index (χ0v) is 33.9. The molecule has 13 rings (SSSR count). The van der Waals surface area contributed by atoms with Crippen LogP contribution in [0.25, 0.3) is 43.1 Å². The summed E-state index contributed by atoms with van der Waals surface area (Å²) in [5, 5.41) is 6.85. The summed E-state index contributed by atoms with van der Waals surface area (Å²) in [4.78, 5) is 66.9. The Morgan fingerprint density at radius 1 is 0.371 bits per heavy atom. The van der Waals surface area contributed by atoms with E-state index in [0.717, 1.165) is 107 Å². The van der Waals surface area contributed by atoms with Gasteiger partial charge in [0.05, 0.1) is 22.5 Å². The summed E-state index contributed by atoms with van der Waals surface area (Å²) in [6.45, 7) is 3.34. The molecule has 2 fully saturated rings. The average Bonchev–Trinajstić information content (AvgIpc) is 4.17. The predicted octanol–water partition coefficient (Wildman–Crippen LogP) is 11.0.